The molecule has 0 fully saturated rings. The first-order chi connectivity index (χ1) is 14.9. The molecule has 0 atom stereocenters. The highest BCUT2D eigenvalue weighted by atomic mass is 14.3. The van der Waals surface area contributed by atoms with Crippen LogP contribution in [0.1, 0.15) is 16.7 Å². The standard InChI is InChI=1S/C30H18/c1-3-10-26-24(8-1)25-9-2-4-11-27(25)28(26)18-22-15-14-21-13-12-19-6-5-7-20-16-17-23(22)30(21)29(19)20/h1-18H. The van der Waals surface area contributed by atoms with Crippen LogP contribution in [0.3, 0.4) is 0 Å². The van der Waals surface area contributed by atoms with Gasteiger partial charge in [0.2, 0.25) is 0 Å². The number of hydrogen-bond donors (Lipinski definition) is 0. The number of fused-ring (bicyclic) bond motifs is 3. The highest BCUT2D eigenvalue weighted by Crippen LogP contribution is 2.45. The van der Waals surface area contributed by atoms with Crippen LogP contribution in [0.5, 0.6) is 0 Å². The van der Waals surface area contributed by atoms with Gasteiger partial charge in [-0.15, -0.1) is 0 Å². The van der Waals surface area contributed by atoms with E-state index in [-0.39, 0.29) is 0 Å². The van der Waals surface area contributed by atoms with E-state index in [0.717, 1.165) is 0 Å². The molecule has 30 heavy (non-hydrogen) atoms. The molecule has 0 aliphatic heterocycles. The lowest BCUT2D eigenvalue weighted by Crippen LogP contribution is -1.87. The van der Waals surface area contributed by atoms with Gasteiger partial charge in [-0.3, -0.25) is 0 Å². The fourth-order valence-electron chi connectivity index (χ4n) is 5.25. The lowest BCUT2D eigenvalue weighted by atomic mass is 9.90. The van der Waals surface area contributed by atoms with Crippen molar-refractivity contribution >= 4 is 44.0 Å². The second-order valence-electron chi connectivity index (χ2n) is 8.16. The summed E-state index contributed by atoms with van der Waals surface area (Å²) >= 11 is 0. The minimum Gasteiger partial charge on any atom is -0.0616 e. The van der Waals surface area contributed by atoms with Gasteiger partial charge in [0.15, 0.2) is 0 Å². The summed E-state index contributed by atoms with van der Waals surface area (Å²) in [5.74, 6) is 0. The van der Waals surface area contributed by atoms with Gasteiger partial charge in [-0.05, 0) is 71.8 Å². The maximum absolute atomic E-state index is 2.39. The van der Waals surface area contributed by atoms with Crippen LogP contribution in [0.2, 0.25) is 0 Å². The molecule has 0 saturated carbocycles. The Morgan fingerprint density at radius 2 is 0.933 bits per heavy atom. The Morgan fingerprint density at radius 3 is 1.60 bits per heavy atom. The van der Waals surface area contributed by atoms with Crippen molar-refractivity contribution in [3.8, 4) is 11.1 Å². The van der Waals surface area contributed by atoms with Crippen molar-refractivity contribution in [2.24, 2.45) is 0 Å². The van der Waals surface area contributed by atoms with E-state index in [4.69, 9.17) is 0 Å². The fourth-order valence-corrected chi connectivity index (χ4v) is 5.25. The third-order valence-electron chi connectivity index (χ3n) is 6.59. The second-order valence-corrected chi connectivity index (χ2v) is 8.16. The molecule has 0 heterocycles. The molecule has 6 aromatic carbocycles. The van der Waals surface area contributed by atoms with Crippen molar-refractivity contribution < 1.29 is 0 Å². The molecule has 0 amide bonds. The smallest absolute Gasteiger partial charge is 0.00208 e. The molecule has 0 bridgehead atoms. The molecule has 0 N–H and O–H groups in total. The van der Waals surface area contributed by atoms with Crippen molar-refractivity contribution in [3.63, 3.8) is 0 Å². The van der Waals surface area contributed by atoms with Gasteiger partial charge in [-0.1, -0.05) is 103 Å². The van der Waals surface area contributed by atoms with Crippen molar-refractivity contribution in [1.29, 1.82) is 0 Å². The zero-order valence-corrected chi connectivity index (χ0v) is 16.4. The first-order valence-electron chi connectivity index (χ1n) is 10.5. The van der Waals surface area contributed by atoms with Gasteiger partial charge in [0.05, 0.1) is 0 Å². The summed E-state index contributed by atoms with van der Waals surface area (Å²) in [5.41, 5.74) is 7.90. The third kappa shape index (κ3) is 2.06. The Labute approximate surface area is 175 Å². The van der Waals surface area contributed by atoms with Crippen molar-refractivity contribution in [2.75, 3.05) is 0 Å². The Hall–Kier alpha value is -3.90. The molecular weight excluding hydrogens is 360 g/mol. The van der Waals surface area contributed by atoms with E-state index in [2.05, 4.69) is 109 Å². The number of hydrogen-bond acceptors (Lipinski definition) is 0. The molecule has 0 spiro atoms. The molecular formula is C30H18. The van der Waals surface area contributed by atoms with E-state index < -0.39 is 0 Å². The zero-order valence-electron chi connectivity index (χ0n) is 16.4. The van der Waals surface area contributed by atoms with Gasteiger partial charge in [-0.2, -0.15) is 0 Å². The Morgan fingerprint density at radius 1 is 0.400 bits per heavy atom. The molecule has 0 radical (unpaired) electrons. The van der Waals surface area contributed by atoms with Crippen LogP contribution in [0.15, 0.2) is 103 Å². The number of benzene rings is 6. The molecule has 6 aromatic rings. The fraction of sp³-hybridized carbons (Fsp3) is 0. The van der Waals surface area contributed by atoms with E-state index >= 15 is 0 Å². The quantitative estimate of drug-likeness (QED) is 0.253. The average molecular weight is 378 g/mol. The summed E-state index contributed by atoms with van der Waals surface area (Å²) in [6.07, 6.45) is 2.39. The Balaban J connectivity index is 1.57. The molecule has 1 aliphatic carbocycles. The molecule has 7 rings (SSSR count). The maximum Gasteiger partial charge on any atom is -0.00208 e. The lowest BCUT2D eigenvalue weighted by molar-refractivity contribution is 1.65. The van der Waals surface area contributed by atoms with Crippen LogP contribution in [0, 0.1) is 0 Å². The van der Waals surface area contributed by atoms with Crippen molar-refractivity contribution in [3.05, 3.63) is 120 Å². The minimum atomic E-state index is 1.28. The van der Waals surface area contributed by atoms with Crippen molar-refractivity contribution in [1.82, 2.24) is 0 Å². The predicted octanol–water partition coefficient (Wildman–Crippen LogP) is 8.15. The first kappa shape index (κ1) is 16.0. The molecule has 0 nitrogen and oxygen atoms in total. The zero-order chi connectivity index (χ0) is 19.7. The SMILES string of the molecule is C(=C1c2ccccc2-c2ccccc21)c1ccc2ccc3cccc4ccc1c2c34. The van der Waals surface area contributed by atoms with E-state index in [1.807, 2.05) is 0 Å². The monoisotopic (exact) mass is 378 g/mol. The summed E-state index contributed by atoms with van der Waals surface area (Å²) in [6.45, 7) is 0. The molecule has 0 unspecified atom stereocenters. The van der Waals surface area contributed by atoms with Crippen LogP contribution in [0.25, 0.3) is 55.1 Å². The van der Waals surface area contributed by atoms with Crippen LogP contribution >= 0.6 is 0 Å². The molecule has 0 aromatic heterocycles. The van der Waals surface area contributed by atoms with Crippen LogP contribution in [-0.2, 0) is 0 Å². The summed E-state index contributed by atoms with van der Waals surface area (Å²) in [4.78, 5) is 0. The van der Waals surface area contributed by atoms with E-state index in [1.165, 1.54) is 65.7 Å². The van der Waals surface area contributed by atoms with Gasteiger partial charge < -0.3 is 0 Å². The summed E-state index contributed by atoms with van der Waals surface area (Å²) in [6, 6.07) is 37.7. The van der Waals surface area contributed by atoms with Crippen LogP contribution < -0.4 is 0 Å². The highest BCUT2D eigenvalue weighted by Gasteiger charge is 2.22. The van der Waals surface area contributed by atoms with Gasteiger partial charge in [0, 0.05) is 0 Å². The van der Waals surface area contributed by atoms with Crippen LogP contribution in [-0.4, -0.2) is 0 Å². The molecule has 1 aliphatic rings. The molecule has 0 heteroatoms. The first-order valence-corrected chi connectivity index (χ1v) is 10.5. The maximum atomic E-state index is 2.39. The highest BCUT2D eigenvalue weighted by molar-refractivity contribution is 6.24. The average Bonchev–Trinajstić information content (AvgIpc) is 3.12. The van der Waals surface area contributed by atoms with E-state index in [0.29, 0.717) is 0 Å². The van der Waals surface area contributed by atoms with Crippen molar-refractivity contribution in [2.45, 2.75) is 0 Å². The van der Waals surface area contributed by atoms with E-state index in [1.54, 1.807) is 0 Å². The van der Waals surface area contributed by atoms with Gasteiger partial charge in [0.25, 0.3) is 0 Å². The molecule has 0 saturated heterocycles. The van der Waals surface area contributed by atoms with Gasteiger partial charge in [0.1, 0.15) is 0 Å². The summed E-state index contributed by atoms with van der Waals surface area (Å²) in [5, 5.41) is 8.01. The van der Waals surface area contributed by atoms with Gasteiger partial charge in [-0.25, -0.2) is 0 Å². The summed E-state index contributed by atoms with van der Waals surface area (Å²) < 4.78 is 0. The largest absolute Gasteiger partial charge is 0.0616 e. The second kappa shape index (κ2) is 5.81. The van der Waals surface area contributed by atoms with Gasteiger partial charge >= 0.3 is 0 Å². The summed E-state index contributed by atoms with van der Waals surface area (Å²) in [7, 11) is 0. The Bertz CT molecular complexity index is 1570. The lowest BCUT2D eigenvalue weighted by Gasteiger charge is -2.13. The molecule has 138 valence electrons. The Kier molecular flexibility index (Phi) is 3.09. The third-order valence-corrected chi connectivity index (χ3v) is 6.59. The topological polar surface area (TPSA) is 0 Å². The predicted molar refractivity (Wildman–Crippen MR) is 129 cm³/mol. The normalized spacial score (nSPS) is 12.6. The minimum absolute atomic E-state index is 1.28. The van der Waals surface area contributed by atoms with Crippen LogP contribution in [0.4, 0.5) is 0 Å². The van der Waals surface area contributed by atoms with E-state index in [9.17, 15) is 0 Å². The number of rotatable bonds is 1.